The molecule has 0 aliphatic heterocycles. The Labute approximate surface area is 117 Å². The van der Waals surface area contributed by atoms with Gasteiger partial charge in [-0.15, -0.1) is 0 Å². The molecule has 0 amide bonds. The quantitative estimate of drug-likeness (QED) is 0.720. The van der Waals surface area contributed by atoms with Gasteiger partial charge in [0.25, 0.3) is 0 Å². The van der Waals surface area contributed by atoms with Crippen LogP contribution in [-0.4, -0.2) is 42.1 Å². The Morgan fingerprint density at radius 1 is 1.47 bits per heavy atom. The minimum Gasteiger partial charge on any atom is -0.465 e. The molecule has 0 aromatic heterocycles. The van der Waals surface area contributed by atoms with E-state index in [0.717, 1.165) is 38.8 Å². The molecule has 0 aromatic rings. The van der Waals surface area contributed by atoms with Crippen molar-refractivity contribution in [2.45, 2.75) is 65.0 Å². The van der Waals surface area contributed by atoms with E-state index in [-0.39, 0.29) is 11.9 Å². The zero-order chi connectivity index (χ0) is 14.5. The summed E-state index contributed by atoms with van der Waals surface area (Å²) in [7, 11) is 0. The van der Waals surface area contributed by atoms with Gasteiger partial charge >= 0.3 is 5.97 Å². The maximum Gasteiger partial charge on any atom is 0.326 e. The van der Waals surface area contributed by atoms with Crippen molar-refractivity contribution < 1.29 is 9.53 Å². The van der Waals surface area contributed by atoms with Crippen LogP contribution >= 0.6 is 0 Å². The molecule has 1 rings (SSSR count). The predicted molar refractivity (Wildman–Crippen MR) is 77.9 cm³/mol. The monoisotopic (exact) mass is 270 g/mol. The highest BCUT2D eigenvalue weighted by Crippen LogP contribution is 2.37. The van der Waals surface area contributed by atoms with Gasteiger partial charge in [0.05, 0.1) is 6.61 Å². The van der Waals surface area contributed by atoms with Gasteiger partial charge in [0, 0.05) is 6.04 Å². The Hall–Kier alpha value is -0.610. The minimum absolute atomic E-state index is 0.204. The number of carbonyl (C=O) groups excluding carboxylic acids is 1. The first-order valence-corrected chi connectivity index (χ1v) is 7.65. The summed E-state index contributed by atoms with van der Waals surface area (Å²) in [4.78, 5) is 14.5. The first kappa shape index (κ1) is 16.4. The van der Waals surface area contributed by atoms with Crippen molar-refractivity contribution in [1.82, 2.24) is 4.90 Å². The summed E-state index contributed by atoms with van der Waals surface area (Å²) in [6.07, 6.45) is 3.84. The molecular formula is C15H30N2O2. The lowest BCUT2D eigenvalue weighted by atomic mass is 9.85. The van der Waals surface area contributed by atoms with E-state index in [2.05, 4.69) is 25.7 Å². The number of carbonyl (C=O) groups is 1. The number of hydrogen-bond acceptors (Lipinski definition) is 4. The lowest BCUT2D eigenvalue weighted by Gasteiger charge is -2.32. The Kier molecular flexibility index (Phi) is 6.27. The fourth-order valence-corrected chi connectivity index (χ4v) is 3.14. The molecule has 1 aliphatic carbocycles. The molecule has 4 nitrogen and oxygen atoms in total. The van der Waals surface area contributed by atoms with Gasteiger partial charge in [-0.25, -0.2) is 0 Å². The summed E-state index contributed by atoms with van der Waals surface area (Å²) in [5.41, 5.74) is 5.60. The molecule has 2 N–H and O–H groups in total. The predicted octanol–water partition coefficient (Wildman–Crippen LogP) is 2.17. The molecular weight excluding hydrogens is 240 g/mol. The van der Waals surface area contributed by atoms with E-state index in [9.17, 15) is 4.79 Å². The highest BCUT2D eigenvalue weighted by atomic mass is 16.5. The van der Waals surface area contributed by atoms with Crippen molar-refractivity contribution in [1.29, 1.82) is 0 Å². The molecule has 4 heteroatoms. The van der Waals surface area contributed by atoms with Gasteiger partial charge in [-0.2, -0.15) is 0 Å². The topological polar surface area (TPSA) is 55.6 Å². The first-order valence-electron chi connectivity index (χ1n) is 7.65. The maximum atomic E-state index is 12.1. The van der Waals surface area contributed by atoms with Gasteiger partial charge in [0.1, 0.15) is 5.54 Å². The molecule has 0 radical (unpaired) electrons. The van der Waals surface area contributed by atoms with Crippen molar-refractivity contribution in [3.8, 4) is 0 Å². The van der Waals surface area contributed by atoms with E-state index in [0.29, 0.717) is 12.6 Å². The molecule has 112 valence electrons. The van der Waals surface area contributed by atoms with Crippen molar-refractivity contribution in [2.75, 3.05) is 19.7 Å². The molecule has 1 aliphatic rings. The highest BCUT2D eigenvalue weighted by Gasteiger charge is 2.46. The van der Waals surface area contributed by atoms with E-state index in [1.807, 2.05) is 6.92 Å². The Balaban J connectivity index is 2.59. The average molecular weight is 270 g/mol. The third-order valence-electron chi connectivity index (χ3n) is 4.43. The van der Waals surface area contributed by atoms with Gasteiger partial charge in [0.15, 0.2) is 0 Å². The van der Waals surface area contributed by atoms with Crippen LogP contribution in [0.25, 0.3) is 0 Å². The number of rotatable bonds is 7. The molecule has 0 spiro atoms. The first-order chi connectivity index (χ1) is 8.95. The van der Waals surface area contributed by atoms with Crippen LogP contribution < -0.4 is 5.73 Å². The zero-order valence-electron chi connectivity index (χ0n) is 12.9. The third kappa shape index (κ3) is 3.93. The fourth-order valence-electron chi connectivity index (χ4n) is 3.14. The van der Waals surface area contributed by atoms with Gasteiger partial charge in [-0.1, -0.05) is 13.3 Å². The number of hydrogen-bond donors (Lipinski definition) is 1. The largest absolute Gasteiger partial charge is 0.465 e. The number of nitrogens with two attached hydrogens (primary N) is 1. The number of esters is 1. The SMILES string of the molecule is CCOC(=O)C1(N)CCCC1CCN(CC)C(C)C. The van der Waals surface area contributed by atoms with Crippen LogP contribution in [-0.2, 0) is 9.53 Å². The molecule has 0 bridgehead atoms. The second-order valence-corrected chi connectivity index (χ2v) is 5.86. The van der Waals surface area contributed by atoms with Crippen molar-refractivity contribution in [3.05, 3.63) is 0 Å². The summed E-state index contributed by atoms with van der Waals surface area (Å²) in [6.45, 7) is 10.9. The van der Waals surface area contributed by atoms with Crippen LogP contribution in [0.3, 0.4) is 0 Å². The third-order valence-corrected chi connectivity index (χ3v) is 4.43. The molecule has 0 saturated heterocycles. The van der Waals surface area contributed by atoms with Crippen molar-refractivity contribution in [2.24, 2.45) is 11.7 Å². The Morgan fingerprint density at radius 3 is 2.68 bits per heavy atom. The molecule has 1 fully saturated rings. The lowest BCUT2D eigenvalue weighted by Crippen LogP contribution is -2.52. The summed E-state index contributed by atoms with van der Waals surface area (Å²) in [5.74, 6) is 0.0597. The molecule has 0 heterocycles. The highest BCUT2D eigenvalue weighted by molar-refractivity contribution is 5.81. The Morgan fingerprint density at radius 2 is 2.16 bits per heavy atom. The van der Waals surface area contributed by atoms with E-state index < -0.39 is 5.54 Å². The molecule has 19 heavy (non-hydrogen) atoms. The van der Waals surface area contributed by atoms with Crippen LogP contribution in [0, 0.1) is 5.92 Å². The summed E-state index contributed by atoms with van der Waals surface area (Å²) < 4.78 is 5.16. The van der Waals surface area contributed by atoms with Crippen LogP contribution in [0.1, 0.15) is 53.4 Å². The van der Waals surface area contributed by atoms with Gasteiger partial charge in [-0.3, -0.25) is 4.79 Å². The summed E-state index contributed by atoms with van der Waals surface area (Å²) >= 11 is 0. The van der Waals surface area contributed by atoms with Crippen LogP contribution in [0.2, 0.25) is 0 Å². The molecule has 0 aromatic carbocycles. The van der Waals surface area contributed by atoms with Crippen molar-refractivity contribution >= 4 is 5.97 Å². The number of ether oxygens (including phenoxy) is 1. The second kappa shape index (κ2) is 7.25. The summed E-state index contributed by atoms with van der Waals surface area (Å²) in [6, 6.07) is 0.543. The normalized spacial score (nSPS) is 27.2. The van der Waals surface area contributed by atoms with E-state index in [1.54, 1.807) is 0 Å². The van der Waals surface area contributed by atoms with Gasteiger partial charge in [-0.05, 0) is 59.0 Å². The minimum atomic E-state index is -0.744. The van der Waals surface area contributed by atoms with Crippen molar-refractivity contribution in [3.63, 3.8) is 0 Å². The van der Waals surface area contributed by atoms with Gasteiger partial charge in [0.2, 0.25) is 0 Å². The maximum absolute atomic E-state index is 12.1. The molecule has 2 atom stereocenters. The average Bonchev–Trinajstić information content (AvgIpc) is 2.73. The smallest absolute Gasteiger partial charge is 0.326 e. The van der Waals surface area contributed by atoms with Gasteiger partial charge < -0.3 is 15.4 Å². The van der Waals surface area contributed by atoms with Crippen LogP contribution in [0.5, 0.6) is 0 Å². The van der Waals surface area contributed by atoms with E-state index >= 15 is 0 Å². The Bertz CT molecular complexity index is 294. The van der Waals surface area contributed by atoms with Crippen LogP contribution in [0.4, 0.5) is 0 Å². The fraction of sp³-hybridized carbons (Fsp3) is 0.933. The standard InChI is InChI=1S/C15H30N2O2/c1-5-17(12(3)4)11-9-13-8-7-10-15(13,16)14(18)19-6-2/h12-13H,5-11,16H2,1-4H3. The van der Waals surface area contributed by atoms with Crippen LogP contribution in [0.15, 0.2) is 0 Å². The summed E-state index contributed by atoms with van der Waals surface area (Å²) in [5, 5.41) is 0. The van der Waals surface area contributed by atoms with E-state index in [4.69, 9.17) is 10.5 Å². The molecule has 1 saturated carbocycles. The number of nitrogens with zero attached hydrogens (tertiary/aromatic N) is 1. The lowest BCUT2D eigenvalue weighted by molar-refractivity contribution is -0.151. The molecule has 2 unspecified atom stereocenters. The zero-order valence-corrected chi connectivity index (χ0v) is 12.9. The second-order valence-electron chi connectivity index (χ2n) is 5.86. The van der Waals surface area contributed by atoms with E-state index in [1.165, 1.54) is 0 Å².